The van der Waals surface area contributed by atoms with Crippen molar-refractivity contribution in [3.63, 3.8) is 0 Å². The third kappa shape index (κ3) is 2.14. The van der Waals surface area contributed by atoms with Crippen LogP contribution in [0.25, 0.3) is 5.70 Å². The van der Waals surface area contributed by atoms with Crippen LogP contribution < -0.4 is 5.32 Å². The molecule has 0 fully saturated rings. The molecular formula is C13H14N2O. The van der Waals surface area contributed by atoms with E-state index in [4.69, 9.17) is 0 Å². The first-order valence-electron chi connectivity index (χ1n) is 5.13. The quantitative estimate of drug-likeness (QED) is 0.758. The molecule has 0 saturated carbocycles. The summed E-state index contributed by atoms with van der Waals surface area (Å²) in [6.45, 7) is 0. The third-order valence-electron chi connectivity index (χ3n) is 2.29. The van der Waals surface area contributed by atoms with Gasteiger partial charge in [0.1, 0.15) is 0 Å². The fourth-order valence-corrected chi connectivity index (χ4v) is 1.60. The number of hydrogen-bond donors (Lipinski definition) is 1. The van der Waals surface area contributed by atoms with Gasteiger partial charge in [0, 0.05) is 26.0 Å². The van der Waals surface area contributed by atoms with Crippen molar-refractivity contribution in [2.24, 2.45) is 0 Å². The number of nitrogens with zero attached hydrogens (tertiary/aromatic N) is 1. The average Bonchev–Trinajstić information content (AvgIpc) is 2.61. The van der Waals surface area contributed by atoms with Gasteiger partial charge in [-0.25, -0.2) is 0 Å². The van der Waals surface area contributed by atoms with E-state index in [1.807, 2.05) is 61.6 Å². The maximum Gasteiger partial charge on any atom is 0.257 e. The van der Waals surface area contributed by atoms with Crippen molar-refractivity contribution in [1.82, 2.24) is 10.2 Å². The van der Waals surface area contributed by atoms with Gasteiger partial charge < -0.3 is 10.2 Å². The van der Waals surface area contributed by atoms with E-state index in [0.29, 0.717) is 5.57 Å². The SMILES string of the molecule is CN(C)/C=C1\C=C(c2ccccc2)NC1=O. The Hall–Kier alpha value is -2.03. The van der Waals surface area contributed by atoms with Crippen LogP contribution in [0.5, 0.6) is 0 Å². The number of carbonyl (C=O) groups is 1. The number of benzene rings is 1. The second-order valence-corrected chi connectivity index (χ2v) is 3.93. The van der Waals surface area contributed by atoms with Crippen LogP contribution in [-0.2, 0) is 4.79 Å². The zero-order chi connectivity index (χ0) is 11.5. The molecule has 0 aromatic heterocycles. The summed E-state index contributed by atoms with van der Waals surface area (Å²) < 4.78 is 0. The highest BCUT2D eigenvalue weighted by Crippen LogP contribution is 2.19. The molecule has 0 atom stereocenters. The van der Waals surface area contributed by atoms with Crippen LogP contribution >= 0.6 is 0 Å². The Bertz CT molecular complexity index is 458. The molecule has 16 heavy (non-hydrogen) atoms. The van der Waals surface area contributed by atoms with Crippen molar-refractivity contribution >= 4 is 11.6 Å². The molecule has 0 radical (unpaired) electrons. The molecular weight excluding hydrogens is 200 g/mol. The molecule has 2 rings (SSSR count). The maximum atomic E-state index is 11.6. The summed E-state index contributed by atoms with van der Waals surface area (Å²) in [4.78, 5) is 13.5. The third-order valence-corrected chi connectivity index (χ3v) is 2.29. The van der Waals surface area contributed by atoms with Crippen molar-refractivity contribution in [3.8, 4) is 0 Å². The minimum absolute atomic E-state index is 0.0486. The van der Waals surface area contributed by atoms with E-state index < -0.39 is 0 Å². The van der Waals surface area contributed by atoms with Gasteiger partial charge in [-0.2, -0.15) is 0 Å². The van der Waals surface area contributed by atoms with E-state index in [9.17, 15) is 4.79 Å². The number of carbonyl (C=O) groups excluding carboxylic acids is 1. The van der Waals surface area contributed by atoms with Crippen molar-refractivity contribution in [3.05, 3.63) is 53.7 Å². The highest BCUT2D eigenvalue weighted by molar-refractivity contribution is 6.07. The fourth-order valence-electron chi connectivity index (χ4n) is 1.60. The Labute approximate surface area is 95.1 Å². The summed E-state index contributed by atoms with van der Waals surface area (Å²) in [6, 6.07) is 9.82. The van der Waals surface area contributed by atoms with Crippen LogP contribution in [0.15, 0.2) is 48.2 Å². The lowest BCUT2D eigenvalue weighted by Gasteiger charge is -2.04. The van der Waals surface area contributed by atoms with Gasteiger partial charge in [-0.1, -0.05) is 30.3 Å². The van der Waals surface area contributed by atoms with Crippen LogP contribution in [-0.4, -0.2) is 24.9 Å². The van der Waals surface area contributed by atoms with E-state index in [2.05, 4.69) is 5.32 Å². The summed E-state index contributed by atoms with van der Waals surface area (Å²) in [7, 11) is 3.79. The topological polar surface area (TPSA) is 32.3 Å². The van der Waals surface area contributed by atoms with Crippen LogP contribution in [0, 0.1) is 0 Å². The maximum absolute atomic E-state index is 11.6. The monoisotopic (exact) mass is 214 g/mol. The average molecular weight is 214 g/mol. The summed E-state index contributed by atoms with van der Waals surface area (Å²) >= 11 is 0. The van der Waals surface area contributed by atoms with Gasteiger partial charge >= 0.3 is 0 Å². The molecule has 3 nitrogen and oxygen atoms in total. The number of hydrogen-bond acceptors (Lipinski definition) is 2. The highest BCUT2D eigenvalue weighted by atomic mass is 16.1. The van der Waals surface area contributed by atoms with Gasteiger partial charge in [0.2, 0.25) is 0 Å². The minimum atomic E-state index is -0.0486. The van der Waals surface area contributed by atoms with Crippen molar-refractivity contribution in [2.45, 2.75) is 0 Å². The molecule has 1 aromatic rings. The standard InChI is InChI=1S/C13H14N2O/c1-15(2)9-11-8-12(14-13(11)16)10-6-4-3-5-7-10/h3-9H,1-2H3,(H,14,16)/b11-9+. The number of nitrogens with one attached hydrogen (secondary N) is 1. The highest BCUT2D eigenvalue weighted by Gasteiger charge is 2.18. The fraction of sp³-hybridized carbons (Fsp3) is 0.154. The van der Waals surface area contributed by atoms with Gasteiger partial charge in [0.05, 0.1) is 5.57 Å². The lowest BCUT2D eigenvalue weighted by molar-refractivity contribution is -0.115. The first-order chi connectivity index (χ1) is 7.66. The molecule has 1 aliphatic rings. The Morgan fingerprint density at radius 2 is 1.88 bits per heavy atom. The number of rotatable bonds is 2. The first kappa shape index (κ1) is 10.5. The zero-order valence-corrected chi connectivity index (χ0v) is 9.40. The van der Waals surface area contributed by atoms with E-state index in [1.54, 1.807) is 0 Å². The van der Waals surface area contributed by atoms with Gasteiger partial charge in [0.25, 0.3) is 5.91 Å². The molecule has 0 aliphatic carbocycles. The normalized spacial score (nSPS) is 17.2. The Kier molecular flexibility index (Phi) is 2.77. The second-order valence-electron chi connectivity index (χ2n) is 3.93. The Morgan fingerprint density at radius 3 is 2.50 bits per heavy atom. The largest absolute Gasteiger partial charge is 0.383 e. The van der Waals surface area contributed by atoms with Crippen molar-refractivity contribution < 1.29 is 4.79 Å². The lowest BCUT2D eigenvalue weighted by atomic mass is 10.1. The molecule has 0 saturated heterocycles. The molecule has 82 valence electrons. The molecule has 1 heterocycles. The van der Waals surface area contributed by atoms with Crippen molar-refractivity contribution in [2.75, 3.05) is 14.1 Å². The molecule has 3 heteroatoms. The zero-order valence-electron chi connectivity index (χ0n) is 9.40. The molecule has 0 bridgehead atoms. The predicted molar refractivity (Wildman–Crippen MR) is 64.3 cm³/mol. The van der Waals surface area contributed by atoms with Crippen LogP contribution in [0.1, 0.15) is 5.56 Å². The van der Waals surface area contributed by atoms with Gasteiger partial charge in [0.15, 0.2) is 0 Å². The summed E-state index contributed by atoms with van der Waals surface area (Å²) in [5.74, 6) is -0.0486. The van der Waals surface area contributed by atoms with Crippen LogP contribution in [0.3, 0.4) is 0 Å². The second kappa shape index (κ2) is 4.23. The summed E-state index contributed by atoms with van der Waals surface area (Å²) in [5, 5.41) is 2.85. The van der Waals surface area contributed by atoms with E-state index in [0.717, 1.165) is 11.3 Å². The van der Waals surface area contributed by atoms with Gasteiger partial charge in [-0.15, -0.1) is 0 Å². The van der Waals surface area contributed by atoms with E-state index in [-0.39, 0.29) is 5.91 Å². The van der Waals surface area contributed by atoms with Crippen LogP contribution in [0.4, 0.5) is 0 Å². The predicted octanol–water partition coefficient (Wildman–Crippen LogP) is 1.60. The Balaban J connectivity index is 2.30. The summed E-state index contributed by atoms with van der Waals surface area (Å²) in [6.07, 6.45) is 3.68. The Morgan fingerprint density at radius 1 is 1.19 bits per heavy atom. The summed E-state index contributed by atoms with van der Waals surface area (Å²) in [5.41, 5.74) is 2.57. The molecule has 0 unspecified atom stereocenters. The van der Waals surface area contributed by atoms with E-state index >= 15 is 0 Å². The smallest absolute Gasteiger partial charge is 0.257 e. The van der Waals surface area contributed by atoms with Gasteiger partial charge in [-0.3, -0.25) is 4.79 Å². The minimum Gasteiger partial charge on any atom is -0.383 e. The molecule has 1 aliphatic heterocycles. The van der Waals surface area contributed by atoms with Gasteiger partial charge in [-0.05, 0) is 11.6 Å². The molecule has 1 N–H and O–H groups in total. The van der Waals surface area contributed by atoms with E-state index in [1.165, 1.54) is 0 Å². The van der Waals surface area contributed by atoms with Crippen LogP contribution in [0.2, 0.25) is 0 Å². The first-order valence-corrected chi connectivity index (χ1v) is 5.13. The molecule has 1 amide bonds. The van der Waals surface area contributed by atoms with Crippen molar-refractivity contribution in [1.29, 1.82) is 0 Å². The molecule has 1 aromatic carbocycles. The molecule has 0 spiro atoms. The number of amides is 1. The lowest BCUT2D eigenvalue weighted by Crippen LogP contribution is -2.17.